The highest BCUT2D eigenvalue weighted by Crippen LogP contribution is 1.99. The zero-order valence-electron chi connectivity index (χ0n) is 6.66. The van der Waals surface area contributed by atoms with Crippen LogP contribution in [-0.4, -0.2) is 29.6 Å². The molecule has 0 radical (unpaired) electrons. The first-order valence-corrected chi connectivity index (χ1v) is 3.52. The van der Waals surface area contributed by atoms with Crippen molar-refractivity contribution >= 4 is 11.8 Å². The van der Waals surface area contributed by atoms with Crippen LogP contribution in [0.3, 0.4) is 0 Å². The van der Waals surface area contributed by atoms with E-state index in [0.29, 0.717) is 13.0 Å². The molecule has 0 rings (SSSR count). The summed E-state index contributed by atoms with van der Waals surface area (Å²) < 4.78 is 4.88. The van der Waals surface area contributed by atoms with Crippen LogP contribution in [-0.2, 0) is 14.3 Å². The van der Waals surface area contributed by atoms with Gasteiger partial charge in [-0.2, -0.15) is 0 Å². The molecule has 11 heavy (non-hydrogen) atoms. The Kier molecular flexibility index (Phi) is 4.45. The van der Waals surface area contributed by atoms with Crippen LogP contribution in [0.4, 0.5) is 0 Å². The fraction of sp³-hybridized carbons (Fsp3) is 0.714. The third-order valence-corrected chi connectivity index (χ3v) is 1.24. The van der Waals surface area contributed by atoms with E-state index in [0.717, 1.165) is 0 Å². The minimum absolute atomic E-state index is 0.359. The van der Waals surface area contributed by atoms with Crippen molar-refractivity contribution in [2.75, 3.05) is 6.61 Å². The molecule has 0 saturated carbocycles. The normalized spacial score (nSPS) is 12.5. The second-order valence-electron chi connectivity index (χ2n) is 2.02. The van der Waals surface area contributed by atoms with E-state index in [1.165, 1.54) is 0 Å². The van der Waals surface area contributed by atoms with Gasteiger partial charge in [-0.3, -0.25) is 4.79 Å². The van der Waals surface area contributed by atoms with Crippen molar-refractivity contribution in [2.45, 2.75) is 26.4 Å². The fourth-order valence-corrected chi connectivity index (χ4v) is 0.718. The van der Waals surface area contributed by atoms with Gasteiger partial charge in [-0.05, 0) is 13.3 Å². The SMILES string of the molecule is CCOC(CC)C(=O)C(=O)O. The van der Waals surface area contributed by atoms with Crippen LogP contribution in [0.5, 0.6) is 0 Å². The average Bonchev–Trinajstić information content (AvgIpc) is 1.98. The number of carbonyl (C=O) groups is 2. The summed E-state index contributed by atoms with van der Waals surface area (Å²) >= 11 is 0. The number of rotatable bonds is 5. The summed E-state index contributed by atoms with van der Waals surface area (Å²) in [6, 6.07) is 0. The Labute approximate surface area is 65.2 Å². The lowest BCUT2D eigenvalue weighted by Gasteiger charge is -2.09. The highest BCUT2D eigenvalue weighted by molar-refractivity contribution is 6.34. The van der Waals surface area contributed by atoms with Crippen LogP contribution in [0.2, 0.25) is 0 Å². The molecule has 0 aromatic rings. The van der Waals surface area contributed by atoms with Crippen LogP contribution in [0.15, 0.2) is 0 Å². The Balaban J connectivity index is 4.02. The quantitative estimate of drug-likeness (QED) is 0.593. The molecule has 4 nitrogen and oxygen atoms in total. The second-order valence-corrected chi connectivity index (χ2v) is 2.02. The van der Waals surface area contributed by atoms with E-state index >= 15 is 0 Å². The smallest absolute Gasteiger partial charge is 0.375 e. The minimum Gasteiger partial charge on any atom is -0.475 e. The van der Waals surface area contributed by atoms with E-state index in [1.54, 1.807) is 13.8 Å². The van der Waals surface area contributed by atoms with Gasteiger partial charge in [-0.25, -0.2) is 4.79 Å². The van der Waals surface area contributed by atoms with Crippen LogP contribution < -0.4 is 0 Å². The Morgan fingerprint density at radius 3 is 2.27 bits per heavy atom. The molecule has 64 valence electrons. The van der Waals surface area contributed by atoms with Gasteiger partial charge in [-0.1, -0.05) is 6.92 Å². The third-order valence-electron chi connectivity index (χ3n) is 1.24. The maximum absolute atomic E-state index is 10.7. The molecule has 0 heterocycles. The van der Waals surface area contributed by atoms with Crippen molar-refractivity contribution < 1.29 is 19.4 Å². The number of carbonyl (C=O) groups excluding carboxylic acids is 1. The van der Waals surface area contributed by atoms with E-state index in [1.807, 2.05) is 0 Å². The Morgan fingerprint density at radius 2 is 2.00 bits per heavy atom. The minimum atomic E-state index is -1.43. The lowest BCUT2D eigenvalue weighted by molar-refractivity contribution is -0.154. The highest BCUT2D eigenvalue weighted by Gasteiger charge is 2.22. The third kappa shape index (κ3) is 3.13. The predicted molar refractivity (Wildman–Crippen MR) is 38.3 cm³/mol. The molecule has 0 amide bonds. The summed E-state index contributed by atoms with van der Waals surface area (Å²) in [5.41, 5.74) is 0. The number of carboxylic acids is 1. The molecule has 1 N–H and O–H groups in total. The fourth-order valence-electron chi connectivity index (χ4n) is 0.718. The first kappa shape index (κ1) is 10.1. The first-order valence-electron chi connectivity index (χ1n) is 3.52. The average molecular weight is 160 g/mol. The number of aliphatic carboxylic acids is 1. The van der Waals surface area contributed by atoms with E-state index in [-0.39, 0.29) is 0 Å². The maximum atomic E-state index is 10.7. The van der Waals surface area contributed by atoms with E-state index < -0.39 is 17.9 Å². The number of carboxylic acid groups (broad SMARTS) is 1. The molecular formula is C7H12O4. The standard InChI is InChI=1S/C7H12O4/c1-3-5(11-4-2)6(8)7(9)10/h5H,3-4H2,1-2H3,(H,9,10). The lowest BCUT2D eigenvalue weighted by atomic mass is 10.2. The molecular weight excluding hydrogens is 148 g/mol. The second kappa shape index (κ2) is 4.85. The summed E-state index contributed by atoms with van der Waals surface area (Å²) in [5.74, 6) is -2.29. The molecule has 1 unspecified atom stereocenters. The van der Waals surface area contributed by atoms with Gasteiger partial charge >= 0.3 is 5.97 Å². The molecule has 0 aliphatic carbocycles. The zero-order chi connectivity index (χ0) is 8.85. The van der Waals surface area contributed by atoms with Gasteiger partial charge in [0.15, 0.2) is 0 Å². The Bertz CT molecular complexity index is 153. The summed E-state index contributed by atoms with van der Waals surface area (Å²) in [7, 11) is 0. The molecule has 0 saturated heterocycles. The topological polar surface area (TPSA) is 63.6 Å². The van der Waals surface area contributed by atoms with Crippen molar-refractivity contribution in [3.8, 4) is 0 Å². The molecule has 4 heteroatoms. The van der Waals surface area contributed by atoms with Gasteiger partial charge in [0, 0.05) is 6.61 Å². The number of ether oxygens (including phenoxy) is 1. The van der Waals surface area contributed by atoms with Crippen LogP contribution in [0, 0.1) is 0 Å². The molecule has 1 atom stereocenters. The predicted octanol–water partition coefficient (Wildman–Crippen LogP) is 0.455. The summed E-state index contributed by atoms with van der Waals surface area (Å²) in [6.45, 7) is 3.79. The largest absolute Gasteiger partial charge is 0.475 e. The van der Waals surface area contributed by atoms with Crippen LogP contribution in [0.25, 0.3) is 0 Å². The van der Waals surface area contributed by atoms with Crippen LogP contribution in [0.1, 0.15) is 20.3 Å². The molecule has 0 bridgehead atoms. The molecule has 0 aliphatic heterocycles. The van der Waals surface area contributed by atoms with Crippen molar-refractivity contribution in [3.05, 3.63) is 0 Å². The van der Waals surface area contributed by atoms with Crippen molar-refractivity contribution in [1.82, 2.24) is 0 Å². The van der Waals surface area contributed by atoms with Crippen molar-refractivity contribution in [2.24, 2.45) is 0 Å². The van der Waals surface area contributed by atoms with Gasteiger partial charge in [0.05, 0.1) is 0 Å². The van der Waals surface area contributed by atoms with E-state index in [9.17, 15) is 9.59 Å². The molecule has 0 fully saturated rings. The van der Waals surface area contributed by atoms with Gasteiger partial charge in [0.2, 0.25) is 0 Å². The monoisotopic (exact) mass is 160 g/mol. The number of ketones is 1. The summed E-state index contributed by atoms with van der Waals surface area (Å²) in [4.78, 5) is 20.9. The van der Waals surface area contributed by atoms with Gasteiger partial charge in [0.1, 0.15) is 6.10 Å². The number of hydrogen-bond donors (Lipinski definition) is 1. The zero-order valence-corrected chi connectivity index (χ0v) is 6.66. The lowest BCUT2D eigenvalue weighted by Crippen LogP contribution is -2.30. The molecule has 0 aromatic heterocycles. The molecule has 0 spiro atoms. The summed E-state index contributed by atoms with van der Waals surface area (Å²) in [5, 5.41) is 8.28. The Morgan fingerprint density at radius 1 is 1.45 bits per heavy atom. The number of hydrogen-bond acceptors (Lipinski definition) is 3. The van der Waals surface area contributed by atoms with Crippen molar-refractivity contribution in [3.63, 3.8) is 0 Å². The van der Waals surface area contributed by atoms with E-state index in [4.69, 9.17) is 9.84 Å². The van der Waals surface area contributed by atoms with E-state index in [2.05, 4.69) is 0 Å². The van der Waals surface area contributed by atoms with Gasteiger partial charge in [-0.15, -0.1) is 0 Å². The Hall–Kier alpha value is -0.900. The first-order chi connectivity index (χ1) is 5.13. The summed E-state index contributed by atoms with van der Waals surface area (Å²) in [6.07, 6.45) is -0.378. The maximum Gasteiger partial charge on any atom is 0.375 e. The van der Waals surface area contributed by atoms with Gasteiger partial charge in [0.25, 0.3) is 5.78 Å². The molecule has 0 aliphatic rings. The number of Topliss-reactive ketones (excluding diaryl/α,β-unsaturated/α-hetero) is 1. The highest BCUT2D eigenvalue weighted by atomic mass is 16.5. The van der Waals surface area contributed by atoms with Gasteiger partial charge < -0.3 is 9.84 Å². The van der Waals surface area contributed by atoms with Crippen molar-refractivity contribution in [1.29, 1.82) is 0 Å². The molecule has 0 aromatic carbocycles. The van der Waals surface area contributed by atoms with Crippen LogP contribution >= 0.6 is 0 Å².